The van der Waals surface area contributed by atoms with Crippen LogP contribution in [0.3, 0.4) is 0 Å². The average Bonchev–Trinajstić information content (AvgIpc) is 2.73. The van der Waals surface area contributed by atoms with E-state index in [1.54, 1.807) is 25.1 Å². The van der Waals surface area contributed by atoms with Crippen molar-refractivity contribution in [3.63, 3.8) is 0 Å². The second-order valence-corrected chi connectivity index (χ2v) is 9.66. The lowest BCUT2D eigenvalue weighted by molar-refractivity contribution is -0.148. The zero-order valence-corrected chi connectivity index (χ0v) is 19.2. The summed E-state index contributed by atoms with van der Waals surface area (Å²) >= 11 is 0. The number of ether oxygens (including phenoxy) is 1. The lowest BCUT2D eigenvalue weighted by atomic mass is 9.96. The number of esters is 1. The number of hydrogen-bond acceptors (Lipinski definition) is 6. The summed E-state index contributed by atoms with van der Waals surface area (Å²) in [5, 5.41) is 9.40. The molecule has 0 saturated carbocycles. The largest absolute Gasteiger partial charge is 0.478 e. The van der Waals surface area contributed by atoms with E-state index in [4.69, 9.17) is 4.74 Å². The Bertz CT molecular complexity index is 1100. The van der Waals surface area contributed by atoms with E-state index in [-0.39, 0.29) is 28.0 Å². The van der Waals surface area contributed by atoms with Crippen molar-refractivity contribution in [2.75, 3.05) is 29.3 Å². The molecule has 0 radical (unpaired) electrons. The molecule has 1 aliphatic heterocycles. The van der Waals surface area contributed by atoms with E-state index < -0.39 is 16.0 Å². The van der Waals surface area contributed by atoms with E-state index >= 15 is 0 Å². The van der Waals surface area contributed by atoms with Crippen molar-refractivity contribution in [3.8, 4) is 0 Å². The number of carboxylic acids is 1. The third-order valence-electron chi connectivity index (χ3n) is 5.45. The molecule has 1 aliphatic rings. The van der Waals surface area contributed by atoms with E-state index in [9.17, 15) is 23.1 Å². The van der Waals surface area contributed by atoms with Gasteiger partial charge in [0.1, 0.15) is 0 Å². The highest BCUT2D eigenvalue weighted by Gasteiger charge is 2.28. The van der Waals surface area contributed by atoms with Crippen molar-refractivity contribution in [1.29, 1.82) is 0 Å². The Morgan fingerprint density at radius 1 is 1.09 bits per heavy atom. The van der Waals surface area contributed by atoms with Crippen LogP contribution in [0.15, 0.2) is 41.3 Å². The van der Waals surface area contributed by atoms with Crippen LogP contribution in [0.4, 0.5) is 11.4 Å². The second kappa shape index (κ2) is 9.60. The van der Waals surface area contributed by atoms with Gasteiger partial charge >= 0.3 is 11.9 Å². The van der Waals surface area contributed by atoms with Gasteiger partial charge in [0.25, 0.3) is 10.0 Å². The van der Waals surface area contributed by atoms with Gasteiger partial charge in [-0.05, 0) is 75.1 Å². The summed E-state index contributed by atoms with van der Waals surface area (Å²) in [4.78, 5) is 25.6. The third kappa shape index (κ3) is 5.40. The molecule has 0 spiro atoms. The number of nitrogens with zero attached hydrogens (tertiary/aromatic N) is 1. The van der Waals surface area contributed by atoms with Crippen LogP contribution in [0, 0.1) is 19.8 Å². The molecule has 2 aromatic rings. The fourth-order valence-electron chi connectivity index (χ4n) is 3.93. The summed E-state index contributed by atoms with van der Waals surface area (Å²) in [5.74, 6) is -1.56. The Hall–Kier alpha value is -3.07. The van der Waals surface area contributed by atoms with Gasteiger partial charge in [-0.3, -0.25) is 9.52 Å². The smallest absolute Gasteiger partial charge is 0.335 e. The number of piperidine rings is 1. The van der Waals surface area contributed by atoms with Gasteiger partial charge in [0, 0.05) is 13.1 Å². The predicted octanol–water partition coefficient (Wildman–Crippen LogP) is 3.58. The monoisotopic (exact) mass is 460 g/mol. The quantitative estimate of drug-likeness (QED) is 0.607. The van der Waals surface area contributed by atoms with E-state index in [0.717, 1.165) is 11.1 Å². The first-order chi connectivity index (χ1) is 15.1. The Kier molecular flexibility index (Phi) is 7.08. The maximum absolute atomic E-state index is 13.1. The van der Waals surface area contributed by atoms with Gasteiger partial charge in [0.05, 0.1) is 34.4 Å². The first-order valence-corrected chi connectivity index (χ1v) is 12.0. The van der Waals surface area contributed by atoms with Crippen LogP contribution in [0.25, 0.3) is 0 Å². The minimum Gasteiger partial charge on any atom is -0.478 e. The molecular weight excluding hydrogens is 432 g/mol. The molecule has 2 N–H and O–H groups in total. The number of hydrogen-bond donors (Lipinski definition) is 2. The number of carbonyl (C=O) groups is 2. The summed E-state index contributed by atoms with van der Waals surface area (Å²) in [6.07, 6.45) is 1.14. The average molecular weight is 461 g/mol. The van der Waals surface area contributed by atoms with Crippen LogP contribution in [-0.4, -0.2) is 45.2 Å². The maximum Gasteiger partial charge on any atom is 0.335 e. The Morgan fingerprint density at radius 3 is 2.28 bits per heavy atom. The highest BCUT2D eigenvalue weighted by Crippen LogP contribution is 2.33. The molecule has 0 unspecified atom stereocenters. The normalized spacial score (nSPS) is 14.8. The molecular formula is C23H28N2O6S. The number of nitrogens with one attached hydrogen (secondary N) is 1. The number of sulfonamides is 1. The van der Waals surface area contributed by atoms with Crippen molar-refractivity contribution in [1.82, 2.24) is 0 Å². The minimum atomic E-state index is -3.94. The van der Waals surface area contributed by atoms with Gasteiger partial charge < -0.3 is 14.7 Å². The van der Waals surface area contributed by atoms with Crippen LogP contribution in [0.2, 0.25) is 0 Å². The highest BCUT2D eigenvalue weighted by atomic mass is 32.2. The van der Waals surface area contributed by atoms with Gasteiger partial charge in [-0.25, -0.2) is 13.2 Å². The van der Waals surface area contributed by atoms with Crippen LogP contribution < -0.4 is 9.62 Å². The number of rotatable bonds is 7. The molecule has 1 heterocycles. The van der Waals surface area contributed by atoms with E-state index in [1.165, 1.54) is 12.1 Å². The number of aromatic carboxylic acids is 1. The summed E-state index contributed by atoms with van der Waals surface area (Å²) in [7, 11) is -3.94. The minimum absolute atomic E-state index is 0.0201. The number of carboxylic acid groups (broad SMARTS) is 1. The van der Waals surface area contributed by atoms with Crippen molar-refractivity contribution in [3.05, 3.63) is 53.1 Å². The van der Waals surface area contributed by atoms with E-state index in [0.29, 0.717) is 38.2 Å². The Morgan fingerprint density at radius 2 is 1.72 bits per heavy atom. The van der Waals surface area contributed by atoms with Gasteiger partial charge in [-0.2, -0.15) is 0 Å². The fourth-order valence-corrected chi connectivity index (χ4v) is 5.19. The van der Waals surface area contributed by atoms with E-state index in [1.807, 2.05) is 24.8 Å². The van der Waals surface area contributed by atoms with E-state index in [2.05, 4.69) is 4.72 Å². The predicted molar refractivity (Wildman–Crippen MR) is 122 cm³/mol. The molecule has 0 aliphatic carbocycles. The molecule has 1 fully saturated rings. The van der Waals surface area contributed by atoms with Gasteiger partial charge in [0.15, 0.2) is 0 Å². The standard InChI is InChI=1S/C23H28N2O6S/c1-4-31-23(28)17-7-9-25(10-8-17)21-6-5-18(22(26)27)14-20(21)24-32(29,30)19-12-15(2)11-16(3)13-19/h5-6,11-14,17,24H,4,7-10H2,1-3H3,(H,26,27). The summed E-state index contributed by atoms with van der Waals surface area (Å²) < 4.78 is 33.9. The van der Waals surface area contributed by atoms with Crippen molar-refractivity contribution >= 4 is 33.3 Å². The molecule has 2 aromatic carbocycles. The lowest BCUT2D eigenvalue weighted by Gasteiger charge is -2.34. The molecule has 172 valence electrons. The number of benzene rings is 2. The molecule has 0 atom stereocenters. The molecule has 0 aromatic heterocycles. The molecule has 32 heavy (non-hydrogen) atoms. The zero-order valence-electron chi connectivity index (χ0n) is 18.4. The topological polar surface area (TPSA) is 113 Å². The zero-order chi connectivity index (χ0) is 23.5. The van der Waals surface area contributed by atoms with Gasteiger partial charge in [-0.1, -0.05) is 6.07 Å². The van der Waals surface area contributed by atoms with Crippen molar-refractivity contribution in [2.24, 2.45) is 5.92 Å². The summed E-state index contributed by atoms with van der Waals surface area (Å²) in [6.45, 7) is 6.78. The molecule has 9 heteroatoms. The number of carbonyl (C=O) groups excluding carboxylic acids is 1. The Balaban J connectivity index is 1.91. The van der Waals surface area contributed by atoms with Crippen LogP contribution in [-0.2, 0) is 19.6 Å². The van der Waals surface area contributed by atoms with Crippen LogP contribution in [0.1, 0.15) is 41.3 Å². The maximum atomic E-state index is 13.1. The molecule has 1 saturated heterocycles. The Labute approximate surface area is 188 Å². The summed E-state index contributed by atoms with van der Waals surface area (Å²) in [5.41, 5.74) is 2.37. The van der Waals surface area contributed by atoms with Crippen molar-refractivity contribution < 1.29 is 27.9 Å². The molecule has 0 amide bonds. The van der Waals surface area contributed by atoms with Gasteiger partial charge in [-0.15, -0.1) is 0 Å². The van der Waals surface area contributed by atoms with Crippen LogP contribution >= 0.6 is 0 Å². The first-order valence-electron chi connectivity index (χ1n) is 10.5. The van der Waals surface area contributed by atoms with Crippen LogP contribution in [0.5, 0.6) is 0 Å². The molecule has 8 nitrogen and oxygen atoms in total. The number of anilines is 2. The second-order valence-electron chi connectivity index (χ2n) is 7.98. The molecule has 3 rings (SSSR count). The fraction of sp³-hybridized carbons (Fsp3) is 0.391. The lowest BCUT2D eigenvalue weighted by Crippen LogP contribution is -2.37. The summed E-state index contributed by atoms with van der Waals surface area (Å²) in [6, 6.07) is 9.40. The third-order valence-corrected chi connectivity index (χ3v) is 6.79. The first kappa shape index (κ1) is 23.6. The SMILES string of the molecule is CCOC(=O)C1CCN(c2ccc(C(=O)O)cc2NS(=O)(=O)c2cc(C)cc(C)c2)CC1. The van der Waals surface area contributed by atoms with Gasteiger partial charge in [0.2, 0.25) is 0 Å². The number of aryl methyl sites for hydroxylation is 2. The molecule has 0 bridgehead atoms. The highest BCUT2D eigenvalue weighted by molar-refractivity contribution is 7.92. The van der Waals surface area contributed by atoms with Crippen molar-refractivity contribution in [2.45, 2.75) is 38.5 Å².